The number of ether oxygens (including phenoxy) is 3. The summed E-state index contributed by atoms with van der Waals surface area (Å²) < 4.78 is 36.7. The highest BCUT2D eigenvalue weighted by Crippen LogP contribution is 2.32. The Bertz CT molecular complexity index is 329. The third-order valence-electron chi connectivity index (χ3n) is 3.75. The monoisotopic (exact) mass is 444 g/mol. The van der Waals surface area contributed by atoms with E-state index in [1.54, 1.807) is 0 Å². The lowest BCUT2D eigenvalue weighted by molar-refractivity contribution is -0.410. The highest BCUT2D eigenvalue weighted by atomic mass is 32.1. The van der Waals surface area contributed by atoms with Crippen molar-refractivity contribution in [2.45, 2.75) is 72.0 Å². The molecule has 0 aromatic rings. The van der Waals surface area contributed by atoms with Crippen LogP contribution in [-0.4, -0.2) is 65.4 Å². The SMILES string of the molecule is CCOC(OCC)(OCC)C(CCCS)O[Si](CCCS)(OCC)OCC. The Labute approximate surface area is 178 Å². The highest BCUT2D eigenvalue weighted by Gasteiger charge is 2.51. The minimum atomic E-state index is -2.94. The predicted octanol–water partition coefficient (Wildman–Crippen LogP) is 4.18. The summed E-state index contributed by atoms with van der Waals surface area (Å²) in [4.78, 5) is 0. The molecule has 0 aliphatic heterocycles. The van der Waals surface area contributed by atoms with Gasteiger partial charge in [0.2, 0.25) is 0 Å². The standard InChI is InChI=1S/C18H40O6S2Si/c1-6-19-18(20-7-2,21-8-3)17(13-11-14-25)24-27(22-9-4,23-10-5)16-12-15-26/h17,25-26H,6-16H2,1-5H3. The number of hydrogen-bond acceptors (Lipinski definition) is 8. The van der Waals surface area contributed by atoms with Crippen LogP contribution in [0.4, 0.5) is 0 Å². The van der Waals surface area contributed by atoms with Gasteiger partial charge in [0, 0.05) is 39.1 Å². The van der Waals surface area contributed by atoms with Crippen molar-refractivity contribution in [1.29, 1.82) is 0 Å². The van der Waals surface area contributed by atoms with Crippen LogP contribution in [0.15, 0.2) is 0 Å². The van der Waals surface area contributed by atoms with Crippen LogP contribution in [0.1, 0.15) is 53.9 Å². The molecule has 6 nitrogen and oxygen atoms in total. The first-order valence-corrected chi connectivity index (χ1v) is 13.3. The van der Waals surface area contributed by atoms with Crippen molar-refractivity contribution in [3.8, 4) is 0 Å². The van der Waals surface area contributed by atoms with Crippen LogP contribution in [-0.2, 0) is 27.5 Å². The van der Waals surface area contributed by atoms with E-state index in [9.17, 15) is 0 Å². The highest BCUT2D eigenvalue weighted by molar-refractivity contribution is 7.80. The molecule has 27 heavy (non-hydrogen) atoms. The van der Waals surface area contributed by atoms with E-state index in [-0.39, 0.29) is 0 Å². The first-order chi connectivity index (χ1) is 13.0. The van der Waals surface area contributed by atoms with Crippen LogP contribution >= 0.6 is 25.3 Å². The molecule has 0 aliphatic rings. The molecule has 0 saturated carbocycles. The van der Waals surface area contributed by atoms with Gasteiger partial charge in [-0.2, -0.15) is 25.3 Å². The summed E-state index contributed by atoms with van der Waals surface area (Å²) in [7, 11) is -2.94. The molecule has 1 atom stereocenters. The molecule has 164 valence electrons. The van der Waals surface area contributed by atoms with Crippen LogP contribution in [0.3, 0.4) is 0 Å². The van der Waals surface area contributed by atoms with Crippen LogP contribution in [0.25, 0.3) is 0 Å². The second kappa shape index (κ2) is 16.5. The quantitative estimate of drug-likeness (QED) is 0.177. The van der Waals surface area contributed by atoms with Gasteiger partial charge in [-0.15, -0.1) is 0 Å². The van der Waals surface area contributed by atoms with Crippen molar-refractivity contribution in [2.24, 2.45) is 0 Å². The molecule has 0 aromatic heterocycles. The maximum absolute atomic E-state index is 6.60. The summed E-state index contributed by atoms with van der Waals surface area (Å²) in [5.74, 6) is 0.191. The third-order valence-corrected chi connectivity index (χ3v) is 7.45. The molecule has 1 unspecified atom stereocenters. The molecule has 0 amide bonds. The molecule has 0 rings (SSSR count). The van der Waals surface area contributed by atoms with E-state index in [1.165, 1.54) is 0 Å². The van der Waals surface area contributed by atoms with Crippen molar-refractivity contribution in [3.05, 3.63) is 0 Å². The second-order valence-corrected chi connectivity index (χ2v) is 9.32. The summed E-state index contributed by atoms with van der Waals surface area (Å²) in [5, 5.41) is 0. The van der Waals surface area contributed by atoms with Gasteiger partial charge in [-0.05, 0) is 65.4 Å². The molecule has 0 aromatic carbocycles. The normalized spacial score (nSPS) is 13.9. The number of hydrogen-bond donors (Lipinski definition) is 2. The van der Waals surface area contributed by atoms with Crippen molar-refractivity contribution in [3.63, 3.8) is 0 Å². The minimum absolute atomic E-state index is 0.440. The zero-order valence-corrected chi connectivity index (χ0v) is 20.5. The Morgan fingerprint density at radius 2 is 1.22 bits per heavy atom. The van der Waals surface area contributed by atoms with Gasteiger partial charge in [-0.3, -0.25) is 0 Å². The van der Waals surface area contributed by atoms with Crippen molar-refractivity contribution in [2.75, 3.05) is 44.5 Å². The van der Waals surface area contributed by atoms with Crippen molar-refractivity contribution >= 4 is 34.1 Å². The Morgan fingerprint density at radius 3 is 1.59 bits per heavy atom. The lowest BCUT2D eigenvalue weighted by Gasteiger charge is -2.42. The lowest BCUT2D eigenvalue weighted by atomic mass is 10.1. The Hall–Kier alpha value is 0.677. The van der Waals surface area contributed by atoms with E-state index in [0.717, 1.165) is 24.3 Å². The fourth-order valence-corrected chi connectivity index (χ4v) is 6.31. The maximum atomic E-state index is 6.60. The Morgan fingerprint density at radius 1 is 0.741 bits per heavy atom. The van der Waals surface area contributed by atoms with E-state index < -0.39 is 20.9 Å². The molecule has 0 radical (unpaired) electrons. The molecule has 0 heterocycles. The van der Waals surface area contributed by atoms with Crippen LogP contribution < -0.4 is 0 Å². The molecule has 0 N–H and O–H groups in total. The third kappa shape index (κ3) is 9.82. The van der Waals surface area contributed by atoms with Gasteiger partial charge in [0.05, 0.1) is 0 Å². The van der Waals surface area contributed by atoms with Gasteiger partial charge < -0.3 is 27.5 Å². The van der Waals surface area contributed by atoms with Crippen molar-refractivity contribution in [1.82, 2.24) is 0 Å². The summed E-state index contributed by atoms with van der Waals surface area (Å²) in [6, 6.07) is 0.690. The van der Waals surface area contributed by atoms with E-state index in [0.29, 0.717) is 45.5 Å². The summed E-state index contributed by atoms with van der Waals surface area (Å²) in [6.07, 6.45) is 1.87. The van der Waals surface area contributed by atoms with Gasteiger partial charge in [0.25, 0.3) is 0 Å². The molecule has 0 bridgehead atoms. The Kier molecular flexibility index (Phi) is 16.9. The average Bonchev–Trinajstić information content (AvgIpc) is 2.64. The summed E-state index contributed by atoms with van der Waals surface area (Å²) in [6.45, 7) is 12.0. The van der Waals surface area contributed by atoms with Gasteiger partial charge in [-0.1, -0.05) is 0 Å². The number of thiol groups is 2. The second-order valence-electron chi connectivity index (χ2n) is 5.75. The van der Waals surface area contributed by atoms with E-state index >= 15 is 0 Å². The fourth-order valence-electron chi connectivity index (χ4n) is 2.86. The first-order valence-electron chi connectivity index (χ1n) is 10.1. The first kappa shape index (κ1) is 27.7. The average molecular weight is 445 g/mol. The van der Waals surface area contributed by atoms with Crippen LogP contribution in [0.2, 0.25) is 6.04 Å². The maximum Gasteiger partial charge on any atom is 0.501 e. The smallest absolute Gasteiger partial charge is 0.374 e. The van der Waals surface area contributed by atoms with Crippen LogP contribution in [0, 0.1) is 0 Å². The van der Waals surface area contributed by atoms with Gasteiger partial charge in [-0.25, -0.2) is 0 Å². The molecule has 0 spiro atoms. The van der Waals surface area contributed by atoms with E-state index in [4.69, 9.17) is 27.5 Å². The van der Waals surface area contributed by atoms with Gasteiger partial charge in [0.1, 0.15) is 6.10 Å². The molecule has 0 aliphatic carbocycles. The van der Waals surface area contributed by atoms with Crippen molar-refractivity contribution < 1.29 is 27.5 Å². The fraction of sp³-hybridized carbons (Fsp3) is 1.00. The topological polar surface area (TPSA) is 55.4 Å². The minimum Gasteiger partial charge on any atom is -0.374 e. The molecule has 9 heteroatoms. The van der Waals surface area contributed by atoms with E-state index in [1.807, 2.05) is 34.6 Å². The summed E-state index contributed by atoms with van der Waals surface area (Å²) >= 11 is 8.70. The van der Waals surface area contributed by atoms with Gasteiger partial charge >= 0.3 is 14.8 Å². The Balaban J connectivity index is 5.84. The largest absolute Gasteiger partial charge is 0.501 e. The molecule has 0 fully saturated rings. The molecule has 0 saturated heterocycles. The van der Waals surface area contributed by atoms with Crippen LogP contribution in [0.5, 0.6) is 0 Å². The number of rotatable bonds is 19. The zero-order chi connectivity index (χ0) is 20.6. The van der Waals surface area contributed by atoms with Gasteiger partial charge in [0.15, 0.2) is 0 Å². The molecular weight excluding hydrogens is 404 g/mol. The summed E-state index contributed by atoms with van der Waals surface area (Å²) in [5.41, 5.74) is 0. The predicted molar refractivity (Wildman–Crippen MR) is 118 cm³/mol. The molecular formula is C18H40O6S2Si. The zero-order valence-electron chi connectivity index (χ0n) is 17.7. The lowest BCUT2D eigenvalue weighted by Crippen LogP contribution is -2.58. The van der Waals surface area contributed by atoms with E-state index in [2.05, 4.69) is 25.3 Å².